The number of rotatable bonds is 8. The van der Waals surface area contributed by atoms with E-state index in [4.69, 9.17) is 10.0 Å². The number of carbonyl (C=O) groups is 2. The van der Waals surface area contributed by atoms with E-state index in [9.17, 15) is 9.59 Å². The molecule has 62 heavy (non-hydrogen) atoms. The van der Waals surface area contributed by atoms with Gasteiger partial charge in [0, 0.05) is 14.3 Å². The Kier molecular flexibility index (Phi) is 22.3. The van der Waals surface area contributed by atoms with E-state index >= 15 is 0 Å². The predicted molar refractivity (Wildman–Crippen MR) is 285 cm³/mol. The molecule has 2 radical (unpaired) electrons. The van der Waals surface area contributed by atoms with Gasteiger partial charge in [-0.3, -0.25) is 0 Å². The Bertz CT molecular complexity index is 2190. The van der Waals surface area contributed by atoms with Crippen LogP contribution >= 0.6 is 90.4 Å². The van der Waals surface area contributed by atoms with Gasteiger partial charge in [0.1, 0.15) is 11.5 Å². The lowest BCUT2D eigenvalue weighted by atomic mass is 9.94. The maximum Gasteiger partial charge on any atom is 0.569 e. The first-order chi connectivity index (χ1) is 29.3. The summed E-state index contributed by atoms with van der Waals surface area (Å²) in [7, 11) is 3.78. The molecule has 0 aromatic heterocycles. The Morgan fingerprint density at radius 2 is 0.629 bits per heavy atom. The van der Waals surface area contributed by atoms with Gasteiger partial charge in [-0.05, 0) is 285 Å². The molecule has 14 heteroatoms. The second-order valence-corrected chi connectivity index (χ2v) is 18.8. The van der Waals surface area contributed by atoms with Crippen molar-refractivity contribution in [1.29, 1.82) is 0 Å². The SMILES string of the molecule is COC(=O)c1ccc(O[B]O)cc1.COC(=O)c1ccc(O[B]O)cc1.Cc1cc(-c2cc(C)c(I)cc2C)c(C)cc1I.Cc1cc(-c2cc(C)c(I)cc2C)c(C)cc1I. The van der Waals surface area contributed by atoms with Crippen LogP contribution in [0, 0.1) is 69.7 Å². The number of benzene rings is 6. The fourth-order valence-electron chi connectivity index (χ4n) is 5.98. The standard InChI is InChI=1S/2C16H16I2.2C8H8BO4/c2*1-9-7-15(17)11(3)5-13(9)14-6-12(4)16(18)8-10(14)2;2*1-12-8(10)6-2-4-7(5-3-6)13-9-11/h2*5-8H,1-4H3;2*2-5,11H,1H3. The highest BCUT2D eigenvalue weighted by Crippen LogP contribution is 2.33. The van der Waals surface area contributed by atoms with E-state index in [1.165, 1.54) is 95.3 Å². The summed E-state index contributed by atoms with van der Waals surface area (Å²) in [6.07, 6.45) is 0. The van der Waals surface area contributed by atoms with Gasteiger partial charge in [0.05, 0.1) is 25.3 Å². The van der Waals surface area contributed by atoms with Crippen LogP contribution < -0.4 is 9.31 Å². The van der Waals surface area contributed by atoms with E-state index in [2.05, 4.69) is 213 Å². The lowest BCUT2D eigenvalue weighted by Gasteiger charge is -2.13. The van der Waals surface area contributed by atoms with Crippen LogP contribution in [0.4, 0.5) is 0 Å². The van der Waals surface area contributed by atoms with E-state index in [-0.39, 0.29) is 0 Å². The fourth-order valence-corrected chi connectivity index (χ4v) is 8.47. The summed E-state index contributed by atoms with van der Waals surface area (Å²) in [6.45, 7) is 17.5. The Hall–Kier alpha value is -3.17. The summed E-state index contributed by atoms with van der Waals surface area (Å²) in [5.41, 5.74) is 17.2. The van der Waals surface area contributed by atoms with Crippen molar-refractivity contribution in [2.24, 2.45) is 0 Å². The molecular formula is C48H48B2I4O8. The molecule has 0 fully saturated rings. The van der Waals surface area contributed by atoms with Crippen molar-refractivity contribution < 1.29 is 38.4 Å². The smallest absolute Gasteiger partial charge is 0.537 e. The van der Waals surface area contributed by atoms with Crippen LogP contribution in [0.25, 0.3) is 22.3 Å². The molecule has 6 aromatic rings. The van der Waals surface area contributed by atoms with E-state index in [0.29, 0.717) is 38.0 Å². The van der Waals surface area contributed by atoms with E-state index in [0.717, 1.165) is 0 Å². The third-order valence-electron chi connectivity index (χ3n) is 9.53. The first kappa shape index (κ1) is 53.2. The lowest BCUT2D eigenvalue weighted by Crippen LogP contribution is -2.02. The van der Waals surface area contributed by atoms with Crippen molar-refractivity contribution in [3.05, 3.63) is 167 Å². The molecular weight excluding hydrogens is 1230 g/mol. The number of hydrogen-bond donors (Lipinski definition) is 2. The monoisotopic (exact) mass is 1280 g/mol. The van der Waals surface area contributed by atoms with Crippen LogP contribution in [0.1, 0.15) is 65.2 Å². The van der Waals surface area contributed by atoms with Crippen molar-refractivity contribution >= 4 is 118 Å². The highest BCUT2D eigenvalue weighted by Gasteiger charge is 2.12. The van der Waals surface area contributed by atoms with Gasteiger partial charge in [-0.15, -0.1) is 0 Å². The van der Waals surface area contributed by atoms with Gasteiger partial charge < -0.3 is 28.8 Å². The summed E-state index contributed by atoms with van der Waals surface area (Å²) in [4.78, 5) is 21.9. The number of halogens is 4. The summed E-state index contributed by atoms with van der Waals surface area (Å²) in [5.74, 6) is 0.101. The minimum atomic E-state index is -0.403. The molecule has 322 valence electrons. The van der Waals surface area contributed by atoms with Crippen LogP contribution in [0.15, 0.2) is 97.1 Å². The minimum absolute atomic E-state index is 0.403. The Labute approximate surface area is 422 Å². The van der Waals surface area contributed by atoms with Crippen molar-refractivity contribution in [1.82, 2.24) is 0 Å². The number of aryl methyl sites for hydroxylation is 8. The average Bonchev–Trinajstić information content (AvgIpc) is 3.24. The molecule has 0 aliphatic rings. The highest BCUT2D eigenvalue weighted by molar-refractivity contribution is 14.1. The van der Waals surface area contributed by atoms with Crippen LogP contribution in [0.5, 0.6) is 11.5 Å². The quantitative estimate of drug-likeness (QED) is 0.0881. The summed E-state index contributed by atoms with van der Waals surface area (Å²) < 4.78 is 23.7. The van der Waals surface area contributed by atoms with Crippen LogP contribution in [0.3, 0.4) is 0 Å². The molecule has 0 aliphatic heterocycles. The normalized spacial score (nSPS) is 10.1. The van der Waals surface area contributed by atoms with Gasteiger partial charge in [-0.1, -0.05) is 24.3 Å². The van der Waals surface area contributed by atoms with Crippen molar-refractivity contribution in [2.45, 2.75) is 55.4 Å². The molecule has 0 heterocycles. The van der Waals surface area contributed by atoms with Crippen molar-refractivity contribution in [3.8, 4) is 33.8 Å². The molecule has 0 saturated heterocycles. The Morgan fingerprint density at radius 3 is 0.823 bits per heavy atom. The largest absolute Gasteiger partial charge is 0.569 e. The zero-order chi connectivity index (χ0) is 46.3. The van der Waals surface area contributed by atoms with Gasteiger partial charge >= 0.3 is 27.3 Å². The fraction of sp³-hybridized carbons (Fsp3) is 0.208. The molecule has 0 amide bonds. The Morgan fingerprint density at radius 1 is 0.403 bits per heavy atom. The molecule has 0 bridgehead atoms. The van der Waals surface area contributed by atoms with E-state index < -0.39 is 11.9 Å². The zero-order valence-electron chi connectivity index (χ0n) is 36.2. The van der Waals surface area contributed by atoms with Crippen LogP contribution in [-0.2, 0) is 9.47 Å². The summed E-state index contributed by atoms with van der Waals surface area (Å²) in [6, 6.07) is 30.8. The van der Waals surface area contributed by atoms with Gasteiger partial charge in [-0.2, -0.15) is 0 Å². The topological polar surface area (TPSA) is 112 Å². The molecule has 0 saturated carbocycles. The van der Waals surface area contributed by atoms with Gasteiger partial charge in [-0.25, -0.2) is 9.59 Å². The van der Waals surface area contributed by atoms with Gasteiger partial charge in [0.25, 0.3) is 0 Å². The summed E-state index contributed by atoms with van der Waals surface area (Å²) in [5, 5.41) is 16.6. The van der Waals surface area contributed by atoms with Crippen LogP contribution in [0.2, 0.25) is 0 Å². The number of ether oxygens (including phenoxy) is 2. The van der Waals surface area contributed by atoms with E-state index in [1.54, 1.807) is 48.5 Å². The molecule has 8 nitrogen and oxygen atoms in total. The first-order valence-corrected chi connectivity index (χ1v) is 23.4. The average molecular weight is 1280 g/mol. The van der Waals surface area contributed by atoms with Crippen molar-refractivity contribution in [2.75, 3.05) is 14.2 Å². The number of carbonyl (C=O) groups excluding carboxylic acids is 2. The molecule has 2 N–H and O–H groups in total. The zero-order valence-corrected chi connectivity index (χ0v) is 44.9. The van der Waals surface area contributed by atoms with Gasteiger partial charge in [0.15, 0.2) is 0 Å². The lowest BCUT2D eigenvalue weighted by molar-refractivity contribution is 0.0592. The highest BCUT2D eigenvalue weighted by atomic mass is 127. The molecule has 6 rings (SSSR count). The predicted octanol–water partition coefficient (Wildman–Crippen LogP) is 12.3. The maximum atomic E-state index is 11.0. The number of esters is 2. The van der Waals surface area contributed by atoms with E-state index in [1.807, 2.05) is 0 Å². The molecule has 6 aromatic carbocycles. The molecule has 0 atom stereocenters. The molecule has 0 unspecified atom stereocenters. The third kappa shape index (κ3) is 15.5. The second-order valence-electron chi connectivity index (χ2n) is 14.1. The second kappa shape index (κ2) is 26.0. The molecule has 0 aliphatic carbocycles. The number of methoxy groups -OCH3 is 2. The summed E-state index contributed by atoms with van der Waals surface area (Å²) >= 11 is 9.62. The molecule has 0 spiro atoms. The Balaban J connectivity index is 0.000000223. The first-order valence-electron chi connectivity index (χ1n) is 19.0. The minimum Gasteiger partial charge on any atom is -0.537 e. The maximum absolute atomic E-state index is 11.0. The van der Waals surface area contributed by atoms with Gasteiger partial charge in [0.2, 0.25) is 0 Å². The number of hydrogen-bond acceptors (Lipinski definition) is 8. The van der Waals surface area contributed by atoms with Crippen LogP contribution in [-0.4, -0.2) is 51.6 Å². The third-order valence-corrected chi connectivity index (χ3v) is 14.2. The van der Waals surface area contributed by atoms with Crippen molar-refractivity contribution in [3.63, 3.8) is 0 Å².